The summed E-state index contributed by atoms with van der Waals surface area (Å²) in [5, 5.41) is 8.65. The lowest BCUT2D eigenvalue weighted by molar-refractivity contribution is -0.139. The number of rotatable bonds is 7. The normalized spacial score (nSPS) is 12.7. The zero-order valence-electron chi connectivity index (χ0n) is 9.87. The number of ether oxygens (including phenoxy) is 2. The lowest BCUT2D eigenvalue weighted by atomic mass is 9.91. The Kier molecular flexibility index (Phi) is 6.01. The molecule has 0 saturated carbocycles. The molecule has 88 valence electrons. The van der Waals surface area contributed by atoms with Gasteiger partial charge in [-0.05, 0) is 12.5 Å². The summed E-state index contributed by atoms with van der Waals surface area (Å²) in [5.74, 6) is -0.804. The summed E-state index contributed by atoms with van der Waals surface area (Å²) in [7, 11) is 1.62. The average molecular weight is 216 g/mol. The van der Waals surface area contributed by atoms with Crippen molar-refractivity contribution >= 4 is 5.97 Å². The third-order valence-corrected chi connectivity index (χ3v) is 1.76. The first kappa shape index (κ1) is 14.0. The molecule has 0 fully saturated rings. The smallest absolute Gasteiger partial charge is 0.304 e. The highest BCUT2D eigenvalue weighted by Gasteiger charge is 2.22. The maximum atomic E-state index is 10.5. The minimum Gasteiger partial charge on any atom is -0.501 e. The third kappa shape index (κ3) is 8.00. The van der Waals surface area contributed by atoms with Crippen molar-refractivity contribution in [2.75, 3.05) is 20.3 Å². The number of aliphatic carboxylic acids is 1. The van der Waals surface area contributed by atoms with Gasteiger partial charge in [0.1, 0.15) is 0 Å². The van der Waals surface area contributed by atoms with Crippen LogP contribution in [0.25, 0.3) is 0 Å². The standard InChI is InChI=1S/C11H20O4/c1-9(6-14-4)7-15-8-11(2,3)5-10(12)13/h7H,5-6,8H2,1-4H3,(H,12,13)/b9-7+. The molecule has 4 nitrogen and oxygen atoms in total. The summed E-state index contributed by atoms with van der Waals surface area (Å²) in [4.78, 5) is 10.5. The molecule has 0 aromatic carbocycles. The van der Waals surface area contributed by atoms with E-state index in [4.69, 9.17) is 14.6 Å². The highest BCUT2D eigenvalue weighted by molar-refractivity contribution is 5.67. The highest BCUT2D eigenvalue weighted by atomic mass is 16.5. The van der Waals surface area contributed by atoms with E-state index < -0.39 is 5.97 Å². The summed E-state index contributed by atoms with van der Waals surface area (Å²) in [6.45, 7) is 6.54. The monoisotopic (exact) mass is 216 g/mol. The van der Waals surface area contributed by atoms with Crippen LogP contribution in [0.3, 0.4) is 0 Å². The predicted octanol–water partition coefficient (Wildman–Crippen LogP) is 2.05. The van der Waals surface area contributed by atoms with Crippen LogP contribution in [-0.2, 0) is 14.3 Å². The molecular weight excluding hydrogens is 196 g/mol. The second-order valence-electron chi connectivity index (χ2n) is 4.44. The third-order valence-electron chi connectivity index (χ3n) is 1.76. The van der Waals surface area contributed by atoms with E-state index in [0.717, 1.165) is 5.57 Å². The fourth-order valence-corrected chi connectivity index (χ4v) is 1.13. The van der Waals surface area contributed by atoms with Gasteiger partial charge in [0.2, 0.25) is 0 Å². The zero-order valence-corrected chi connectivity index (χ0v) is 9.87. The van der Waals surface area contributed by atoms with Crippen LogP contribution in [0.1, 0.15) is 27.2 Å². The van der Waals surface area contributed by atoms with Crippen LogP contribution in [0.15, 0.2) is 11.8 Å². The molecule has 1 N–H and O–H groups in total. The van der Waals surface area contributed by atoms with Crippen molar-refractivity contribution in [1.29, 1.82) is 0 Å². The van der Waals surface area contributed by atoms with Gasteiger partial charge < -0.3 is 14.6 Å². The fraction of sp³-hybridized carbons (Fsp3) is 0.727. The van der Waals surface area contributed by atoms with Crippen molar-refractivity contribution in [3.8, 4) is 0 Å². The fourth-order valence-electron chi connectivity index (χ4n) is 1.13. The molecule has 0 aromatic heterocycles. The minimum atomic E-state index is -0.804. The van der Waals surface area contributed by atoms with Gasteiger partial charge in [-0.3, -0.25) is 4.79 Å². The highest BCUT2D eigenvalue weighted by Crippen LogP contribution is 2.20. The van der Waals surface area contributed by atoms with E-state index in [1.54, 1.807) is 13.4 Å². The Morgan fingerprint density at radius 1 is 1.47 bits per heavy atom. The summed E-state index contributed by atoms with van der Waals surface area (Å²) in [5.41, 5.74) is 0.624. The van der Waals surface area contributed by atoms with E-state index in [-0.39, 0.29) is 11.8 Å². The Morgan fingerprint density at radius 2 is 2.07 bits per heavy atom. The van der Waals surface area contributed by atoms with Crippen LogP contribution in [0.5, 0.6) is 0 Å². The molecule has 0 aliphatic heterocycles. The Balaban J connectivity index is 3.93. The Hall–Kier alpha value is -1.03. The van der Waals surface area contributed by atoms with E-state index in [9.17, 15) is 4.79 Å². The predicted molar refractivity (Wildman–Crippen MR) is 57.6 cm³/mol. The Bertz CT molecular complexity index is 231. The first-order valence-electron chi connectivity index (χ1n) is 4.85. The van der Waals surface area contributed by atoms with E-state index >= 15 is 0 Å². The summed E-state index contributed by atoms with van der Waals surface area (Å²) in [6.07, 6.45) is 1.72. The molecule has 0 spiro atoms. The van der Waals surface area contributed by atoms with E-state index in [1.807, 2.05) is 20.8 Å². The number of hydrogen-bond acceptors (Lipinski definition) is 3. The number of carboxylic acids is 1. The van der Waals surface area contributed by atoms with E-state index in [1.165, 1.54) is 0 Å². The van der Waals surface area contributed by atoms with Gasteiger partial charge in [0, 0.05) is 12.5 Å². The van der Waals surface area contributed by atoms with Gasteiger partial charge >= 0.3 is 5.97 Å². The molecule has 15 heavy (non-hydrogen) atoms. The molecule has 0 atom stereocenters. The van der Waals surface area contributed by atoms with Crippen molar-refractivity contribution in [3.63, 3.8) is 0 Å². The summed E-state index contributed by atoms with van der Waals surface area (Å²) < 4.78 is 10.2. The number of carboxylic acid groups (broad SMARTS) is 1. The number of carbonyl (C=O) groups is 1. The molecular formula is C11H20O4. The summed E-state index contributed by atoms with van der Waals surface area (Å²) >= 11 is 0. The quantitative estimate of drug-likeness (QED) is 0.662. The maximum absolute atomic E-state index is 10.5. The second kappa shape index (κ2) is 6.45. The van der Waals surface area contributed by atoms with Crippen LogP contribution in [0, 0.1) is 5.41 Å². The SMILES string of the molecule is COC/C(C)=C/OCC(C)(C)CC(=O)O. The molecule has 4 heteroatoms. The summed E-state index contributed by atoms with van der Waals surface area (Å²) in [6, 6.07) is 0. The first-order chi connectivity index (χ1) is 6.87. The lowest BCUT2D eigenvalue weighted by Crippen LogP contribution is -2.22. The molecule has 0 amide bonds. The topological polar surface area (TPSA) is 55.8 Å². The van der Waals surface area contributed by atoms with Crippen molar-refractivity contribution < 1.29 is 19.4 Å². The van der Waals surface area contributed by atoms with Crippen LogP contribution in [0.2, 0.25) is 0 Å². The molecule has 0 aliphatic rings. The van der Waals surface area contributed by atoms with Crippen molar-refractivity contribution in [2.45, 2.75) is 27.2 Å². The van der Waals surface area contributed by atoms with E-state index in [2.05, 4.69) is 0 Å². The average Bonchev–Trinajstić information content (AvgIpc) is 2.01. The molecule has 0 bridgehead atoms. The second-order valence-corrected chi connectivity index (χ2v) is 4.44. The number of methoxy groups -OCH3 is 1. The largest absolute Gasteiger partial charge is 0.501 e. The molecule has 0 heterocycles. The van der Waals surface area contributed by atoms with Crippen molar-refractivity contribution in [2.24, 2.45) is 5.41 Å². The van der Waals surface area contributed by atoms with Gasteiger partial charge in [0.15, 0.2) is 0 Å². The molecule has 0 rings (SSSR count). The van der Waals surface area contributed by atoms with Gasteiger partial charge in [-0.1, -0.05) is 13.8 Å². The molecule has 0 saturated heterocycles. The molecule has 0 aliphatic carbocycles. The van der Waals surface area contributed by atoms with Gasteiger partial charge in [-0.15, -0.1) is 0 Å². The molecule has 0 unspecified atom stereocenters. The zero-order chi connectivity index (χ0) is 11.9. The molecule has 0 aromatic rings. The van der Waals surface area contributed by atoms with Crippen LogP contribution < -0.4 is 0 Å². The van der Waals surface area contributed by atoms with Gasteiger partial charge in [0.05, 0.1) is 25.9 Å². The van der Waals surface area contributed by atoms with Crippen molar-refractivity contribution in [3.05, 3.63) is 11.8 Å². The van der Waals surface area contributed by atoms with Crippen LogP contribution in [-0.4, -0.2) is 31.4 Å². The van der Waals surface area contributed by atoms with Gasteiger partial charge in [-0.25, -0.2) is 0 Å². The van der Waals surface area contributed by atoms with Crippen LogP contribution in [0.4, 0.5) is 0 Å². The lowest BCUT2D eigenvalue weighted by Gasteiger charge is -2.21. The van der Waals surface area contributed by atoms with E-state index in [0.29, 0.717) is 13.2 Å². The first-order valence-corrected chi connectivity index (χ1v) is 4.85. The van der Waals surface area contributed by atoms with Gasteiger partial charge in [0.25, 0.3) is 0 Å². The Labute approximate surface area is 90.9 Å². The van der Waals surface area contributed by atoms with Crippen molar-refractivity contribution in [1.82, 2.24) is 0 Å². The maximum Gasteiger partial charge on any atom is 0.304 e. The molecule has 0 radical (unpaired) electrons. The van der Waals surface area contributed by atoms with Gasteiger partial charge in [-0.2, -0.15) is 0 Å². The Morgan fingerprint density at radius 3 is 2.53 bits per heavy atom. The minimum absolute atomic E-state index is 0.101. The van der Waals surface area contributed by atoms with Crippen LogP contribution >= 0.6 is 0 Å². The number of hydrogen-bond donors (Lipinski definition) is 1.